The van der Waals surface area contributed by atoms with Crippen LogP contribution in [0.2, 0.25) is 0 Å². The first-order chi connectivity index (χ1) is 15.8. The molecule has 0 atom stereocenters. The van der Waals surface area contributed by atoms with Gasteiger partial charge in [-0.05, 0) is 46.5 Å². The van der Waals surface area contributed by atoms with E-state index in [-0.39, 0.29) is 0 Å². The molecule has 0 radical (unpaired) electrons. The van der Waals surface area contributed by atoms with Crippen molar-refractivity contribution in [3.63, 3.8) is 0 Å². The first kappa shape index (κ1) is 22.9. The summed E-state index contributed by atoms with van der Waals surface area (Å²) in [7, 11) is 0. The van der Waals surface area contributed by atoms with Gasteiger partial charge in [-0.15, -0.1) is 0 Å². The molecule has 166 valence electrons. The lowest BCUT2D eigenvalue weighted by molar-refractivity contribution is -0.129. The van der Waals surface area contributed by atoms with Crippen molar-refractivity contribution in [1.82, 2.24) is 0 Å². The predicted octanol–water partition coefficient (Wildman–Crippen LogP) is 4.34. The Labute approximate surface area is 188 Å². The Morgan fingerprint density at radius 2 is 1.03 bits per heavy atom. The van der Waals surface area contributed by atoms with Gasteiger partial charge in [-0.1, -0.05) is 48.5 Å². The van der Waals surface area contributed by atoms with Gasteiger partial charge < -0.3 is 20.1 Å². The van der Waals surface area contributed by atoms with Gasteiger partial charge in [-0.2, -0.15) is 0 Å². The average Bonchev–Trinajstić information content (AvgIpc) is 2.84. The third-order valence-electron chi connectivity index (χ3n) is 5.05. The lowest BCUT2D eigenvalue weighted by Crippen LogP contribution is -2.03. The molecule has 0 aliphatic rings. The number of anilines is 2. The lowest BCUT2D eigenvalue weighted by atomic mass is 10.1. The van der Waals surface area contributed by atoms with Crippen LogP contribution in [0.15, 0.2) is 72.8 Å². The molecule has 3 aromatic rings. The maximum absolute atomic E-state index is 10.2. The first-order valence-corrected chi connectivity index (χ1v) is 10.6. The molecule has 6 nitrogen and oxygen atoms in total. The van der Waals surface area contributed by atoms with Gasteiger partial charge in [0.1, 0.15) is 0 Å². The van der Waals surface area contributed by atoms with Crippen molar-refractivity contribution in [3.05, 3.63) is 95.1 Å². The van der Waals surface area contributed by atoms with E-state index < -0.39 is 0 Å². The molecule has 0 aliphatic heterocycles. The first-order valence-electron chi connectivity index (χ1n) is 10.6. The van der Waals surface area contributed by atoms with Gasteiger partial charge in [-0.25, -0.2) is 0 Å². The molecular weight excluding hydrogens is 404 g/mol. The van der Waals surface area contributed by atoms with Crippen LogP contribution in [-0.4, -0.2) is 26.2 Å². The minimum atomic E-state index is 0.400. The van der Waals surface area contributed by atoms with Gasteiger partial charge in [0, 0.05) is 37.3 Å². The highest BCUT2D eigenvalue weighted by atomic mass is 16.5. The van der Waals surface area contributed by atoms with Crippen LogP contribution in [0, 0.1) is 0 Å². The Morgan fingerprint density at radius 3 is 1.44 bits per heavy atom. The van der Waals surface area contributed by atoms with Crippen molar-refractivity contribution in [1.29, 1.82) is 0 Å². The number of ether oxygens (including phenoxy) is 2. The molecule has 0 aliphatic carbocycles. The van der Waals surface area contributed by atoms with Crippen LogP contribution < -0.4 is 10.6 Å². The van der Waals surface area contributed by atoms with Crippen molar-refractivity contribution in [3.8, 4) is 0 Å². The SMILES string of the molecule is O=COCCc1ccc(NCc2cccc(CNc3ccc(CCOC=O)cc3)c2)cc1. The quantitative estimate of drug-likeness (QED) is 0.292. The van der Waals surface area contributed by atoms with Gasteiger partial charge in [0.2, 0.25) is 0 Å². The number of hydrogen-bond donors (Lipinski definition) is 2. The second-order valence-electron chi connectivity index (χ2n) is 7.35. The molecule has 32 heavy (non-hydrogen) atoms. The minimum absolute atomic E-state index is 0.400. The Balaban J connectivity index is 1.45. The summed E-state index contributed by atoms with van der Waals surface area (Å²) in [5.74, 6) is 0. The fraction of sp³-hybridized carbons (Fsp3) is 0.231. The Kier molecular flexibility index (Phi) is 9.15. The number of carbonyl (C=O) groups excluding carboxylic acids is 2. The highest BCUT2D eigenvalue weighted by Gasteiger charge is 2.00. The zero-order valence-corrected chi connectivity index (χ0v) is 18.0. The van der Waals surface area contributed by atoms with Crippen LogP contribution >= 0.6 is 0 Å². The maximum Gasteiger partial charge on any atom is 0.293 e. The zero-order chi connectivity index (χ0) is 22.4. The normalized spacial score (nSPS) is 10.2. The van der Waals surface area contributed by atoms with E-state index in [1.54, 1.807) is 0 Å². The van der Waals surface area contributed by atoms with Crippen LogP contribution in [0.3, 0.4) is 0 Å². The molecular formula is C26H28N2O4. The van der Waals surface area contributed by atoms with E-state index in [2.05, 4.69) is 34.9 Å². The zero-order valence-electron chi connectivity index (χ0n) is 18.0. The fourth-order valence-corrected chi connectivity index (χ4v) is 3.29. The van der Waals surface area contributed by atoms with Crippen LogP contribution in [0.4, 0.5) is 11.4 Å². The summed E-state index contributed by atoms with van der Waals surface area (Å²) in [6.07, 6.45) is 1.43. The van der Waals surface area contributed by atoms with Crippen molar-refractivity contribution in [2.75, 3.05) is 23.8 Å². The van der Waals surface area contributed by atoms with Gasteiger partial charge in [0.05, 0.1) is 13.2 Å². The van der Waals surface area contributed by atoms with Crippen molar-refractivity contribution in [2.45, 2.75) is 25.9 Å². The molecule has 0 saturated carbocycles. The van der Waals surface area contributed by atoms with Gasteiger partial charge in [0.15, 0.2) is 0 Å². The van der Waals surface area contributed by atoms with Crippen molar-refractivity contribution < 1.29 is 19.1 Å². The summed E-state index contributed by atoms with van der Waals surface area (Å²) >= 11 is 0. The summed E-state index contributed by atoms with van der Waals surface area (Å²) in [6.45, 7) is 3.23. The van der Waals surface area contributed by atoms with Crippen molar-refractivity contribution in [2.24, 2.45) is 0 Å². The molecule has 2 N–H and O–H groups in total. The Hall–Kier alpha value is -3.80. The van der Waals surface area contributed by atoms with E-state index in [9.17, 15) is 9.59 Å². The maximum atomic E-state index is 10.2. The van der Waals surface area contributed by atoms with Crippen LogP contribution in [0.25, 0.3) is 0 Å². The van der Waals surface area contributed by atoms with Crippen LogP contribution in [0.5, 0.6) is 0 Å². The number of hydrogen-bond acceptors (Lipinski definition) is 6. The third-order valence-corrected chi connectivity index (χ3v) is 5.05. The summed E-state index contributed by atoms with van der Waals surface area (Å²) in [4.78, 5) is 20.4. The molecule has 3 rings (SSSR count). The molecule has 0 amide bonds. The molecule has 0 bridgehead atoms. The molecule has 0 fully saturated rings. The van der Waals surface area contributed by atoms with E-state index in [0.717, 1.165) is 35.6 Å². The summed E-state index contributed by atoms with van der Waals surface area (Å²) in [6, 6.07) is 24.8. The highest BCUT2D eigenvalue weighted by molar-refractivity contribution is 5.47. The number of nitrogens with one attached hydrogen (secondary N) is 2. The lowest BCUT2D eigenvalue weighted by Gasteiger charge is -2.11. The molecule has 0 saturated heterocycles. The van der Waals surface area contributed by atoms with E-state index >= 15 is 0 Å². The second-order valence-corrected chi connectivity index (χ2v) is 7.35. The van der Waals surface area contributed by atoms with E-state index in [1.807, 2.05) is 48.5 Å². The topological polar surface area (TPSA) is 76.7 Å². The van der Waals surface area contributed by atoms with Gasteiger partial charge >= 0.3 is 0 Å². The van der Waals surface area contributed by atoms with Crippen molar-refractivity contribution >= 4 is 24.3 Å². The summed E-state index contributed by atoms with van der Waals surface area (Å²) in [5, 5.41) is 6.89. The second kappa shape index (κ2) is 12.8. The number of rotatable bonds is 14. The summed E-state index contributed by atoms with van der Waals surface area (Å²) in [5.41, 5.74) is 6.77. The van der Waals surface area contributed by atoms with Gasteiger partial charge in [0.25, 0.3) is 12.9 Å². The van der Waals surface area contributed by atoms with E-state index in [4.69, 9.17) is 9.47 Å². The molecule has 0 unspecified atom stereocenters. The summed E-state index contributed by atoms with van der Waals surface area (Å²) < 4.78 is 9.48. The molecule has 3 aromatic carbocycles. The monoisotopic (exact) mass is 432 g/mol. The number of carbonyl (C=O) groups is 2. The Bertz CT molecular complexity index is 895. The van der Waals surface area contributed by atoms with E-state index in [0.29, 0.717) is 39.0 Å². The molecule has 0 heterocycles. The van der Waals surface area contributed by atoms with Gasteiger partial charge in [-0.3, -0.25) is 9.59 Å². The van der Waals surface area contributed by atoms with E-state index in [1.165, 1.54) is 11.1 Å². The van der Waals surface area contributed by atoms with Crippen LogP contribution in [-0.2, 0) is 45.0 Å². The minimum Gasteiger partial charge on any atom is -0.468 e. The molecule has 0 spiro atoms. The number of benzene rings is 3. The van der Waals surface area contributed by atoms with Crippen LogP contribution in [0.1, 0.15) is 22.3 Å². The largest absolute Gasteiger partial charge is 0.468 e. The highest BCUT2D eigenvalue weighted by Crippen LogP contribution is 2.15. The fourth-order valence-electron chi connectivity index (χ4n) is 3.29. The molecule has 6 heteroatoms. The standard InChI is InChI=1S/C26H28N2O4/c29-19-31-14-12-21-4-8-25(9-5-21)27-17-23-2-1-3-24(16-23)18-28-26-10-6-22(7-11-26)13-15-32-20-30/h1-11,16,19-20,27-28H,12-15,17-18H2. The molecule has 0 aromatic heterocycles. The third kappa shape index (κ3) is 7.80. The predicted molar refractivity (Wildman–Crippen MR) is 125 cm³/mol. The Morgan fingerprint density at radius 1 is 0.594 bits per heavy atom. The average molecular weight is 433 g/mol. The smallest absolute Gasteiger partial charge is 0.293 e.